The molecular formula is C18H11NO3. The van der Waals surface area contributed by atoms with Gasteiger partial charge in [0.15, 0.2) is 5.76 Å². The number of para-hydroxylation sites is 2. The zero-order valence-corrected chi connectivity index (χ0v) is 11.5. The van der Waals surface area contributed by atoms with Crippen LogP contribution in [0.5, 0.6) is 0 Å². The minimum Gasteiger partial charge on any atom is -0.478 e. The number of furan rings is 1. The quantitative estimate of drug-likeness (QED) is 0.596. The second-order valence-corrected chi connectivity index (χ2v) is 5.03. The van der Waals surface area contributed by atoms with Crippen LogP contribution in [0.3, 0.4) is 0 Å². The van der Waals surface area contributed by atoms with Crippen LogP contribution in [0.25, 0.3) is 33.3 Å². The molecular weight excluding hydrogens is 278 g/mol. The predicted octanol–water partition coefficient (Wildman–Crippen LogP) is 4.35. The van der Waals surface area contributed by atoms with Gasteiger partial charge in [-0.15, -0.1) is 0 Å². The maximum atomic E-state index is 11.6. The molecule has 2 heterocycles. The molecule has 0 aliphatic rings. The topological polar surface area (TPSA) is 63.3 Å². The van der Waals surface area contributed by atoms with Crippen molar-refractivity contribution < 1.29 is 14.3 Å². The van der Waals surface area contributed by atoms with Gasteiger partial charge < -0.3 is 9.52 Å². The molecule has 0 saturated carbocycles. The molecule has 0 aliphatic heterocycles. The van der Waals surface area contributed by atoms with Crippen LogP contribution in [0.2, 0.25) is 0 Å². The first-order valence-electron chi connectivity index (χ1n) is 6.84. The number of rotatable bonds is 2. The lowest BCUT2D eigenvalue weighted by atomic mass is 10.1. The Morgan fingerprint density at radius 3 is 2.45 bits per heavy atom. The number of benzene rings is 2. The van der Waals surface area contributed by atoms with Crippen LogP contribution >= 0.6 is 0 Å². The Balaban J connectivity index is 2.03. The number of nitrogens with zero attached hydrogens (tertiary/aromatic N) is 1. The second-order valence-electron chi connectivity index (χ2n) is 5.03. The van der Waals surface area contributed by atoms with E-state index in [0.717, 1.165) is 16.3 Å². The Hall–Kier alpha value is -3.14. The Labute approximate surface area is 125 Å². The highest BCUT2D eigenvalue weighted by Gasteiger charge is 2.18. The SMILES string of the molecule is O=C(O)c1cc2ccccc2nc1-c1cc2ccccc2o1. The van der Waals surface area contributed by atoms with Crippen molar-refractivity contribution in [3.05, 3.63) is 66.2 Å². The fourth-order valence-electron chi connectivity index (χ4n) is 2.57. The van der Waals surface area contributed by atoms with Crippen LogP contribution in [-0.2, 0) is 0 Å². The molecule has 106 valence electrons. The molecule has 4 nitrogen and oxygen atoms in total. The van der Waals surface area contributed by atoms with E-state index in [9.17, 15) is 9.90 Å². The highest BCUT2D eigenvalue weighted by Crippen LogP contribution is 2.30. The summed E-state index contributed by atoms with van der Waals surface area (Å²) in [5.41, 5.74) is 1.94. The molecule has 22 heavy (non-hydrogen) atoms. The molecule has 0 atom stereocenters. The summed E-state index contributed by atoms with van der Waals surface area (Å²) in [5, 5.41) is 11.2. The monoisotopic (exact) mass is 289 g/mol. The van der Waals surface area contributed by atoms with Gasteiger partial charge in [0.1, 0.15) is 11.3 Å². The summed E-state index contributed by atoms with van der Waals surface area (Å²) in [4.78, 5) is 16.1. The minimum atomic E-state index is -1.02. The van der Waals surface area contributed by atoms with Gasteiger partial charge in [-0.1, -0.05) is 36.4 Å². The summed E-state index contributed by atoms with van der Waals surface area (Å²) in [5.74, 6) is -0.557. The zero-order chi connectivity index (χ0) is 15.1. The van der Waals surface area contributed by atoms with Gasteiger partial charge in [0.25, 0.3) is 0 Å². The number of carboxylic acids is 1. The van der Waals surface area contributed by atoms with Crippen molar-refractivity contribution in [2.75, 3.05) is 0 Å². The lowest BCUT2D eigenvalue weighted by Gasteiger charge is -2.05. The normalized spacial score (nSPS) is 11.1. The average molecular weight is 289 g/mol. The van der Waals surface area contributed by atoms with Gasteiger partial charge in [-0.25, -0.2) is 9.78 Å². The van der Waals surface area contributed by atoms with E-state index in [1.165, 1.54) is 0 Å². The summed E-state index contributed by atoms with van der Waals surface area (Å²) >= 11 is 0. The molecule has 4 rings (SSSR count). The van der Waals surface area contributed by atoms with Crippen LogP contribution in [0, 0.1) is 0 Å². The van der Waals surface area contributed by atoms with Crippen molar-refractivity contribution in [1.29, 1.82) is 0 Å². The highest BCUT2D eigenvalue weighted by molar-refractivity contribution is 5.99. The number of aromatic nitrogens is 1. The van der Waals surface area contributed by atoms with Gasteiger partial charge in [0.05, 0.1) is 11.1 Å². The van der Waals surface area contributed by atoms with Crippen LogP contribution in [-0.4, -0.2) is 16.1 Å². The number of carboxylic acid groups (broad SMARTS) is 1. The van der Waals surface area contributed by atoms with Crippen molar-refractivity contribution in [2.24, 2.45) is 0 Å². The van der Waals surface area contributed by atoms with E-state index in [1.54, 1.807) is 6.07 Å². The second kappa shape index (κ2) is 4.70. The molecule has 0 spiro atoms. The Bertz CT molecular complexity index is 984. The highest BCUT2D eigenvalue weighted by atomic mass is 16.4. The summed E-state index contributed by atoms with van der Waals surface area (Å²) in [7, 11) is 0. The smallest absolute Gasteiger partial charge is 0.338 e. The summed E-state index contributed by atoms with van der Waals surface area (Å²) in [6.45, 7) is 0. The summed E-state index contributed by atoms with van der Waals surface area (Å²) in [6, 6.07) is 18.4. The van der Waals surface area contributed by atoms with Crippen LogP contribution in [0.15, 0.2) is 65.1 Å². The third-order valence-electron chi connectivity index (χ3n) is 3.61. The van der Waals surface area contributed by atoms with Crippen LogP contribution in [0.1, 0.15) is 10.4 Å². The largest absolute Gasteiger partial charge is 0.478 e. The van der Waals surface area contributed by atoms with Gasteiger partial charge in [-0.05, 0) is 24.3 Å². The van der Waals surface area contributed by atoms with Crippen molar-refractivity contribution in [3.63, 3.8) is 0 Å². The fourth-order valence-corrected chi connectivity index (χ4v) is 2.57. The van der Waals surface area contributed by atoms with Gasteiger partial charge in [-0.2, -0.15) is 0 Å². The average Bonchev–Trinajstić information content (AvgIpc) is 2.97. The molecule has 0 aliphatic carbocycles. The van der Waals surface area contributed by atoms with Crippen molar-refractivity contribution in [3.8, 4) is 11.5 Å². The maximum absolute atomic E-state index is 11.6. The van der Waals surface area contributed by atoms with E-state index in [4.69, 9.17) is 4.42 Å². The molecule has 0 bridgehead atoms. The lowest BCUT2D eigenvalue weighted by Crippen LogP contribution is -2.01. The molecule has 0 amide bonds. The number of carbonyl (C=O) groups is 1. The van der Waals surface area contributed by atoms with Gasteiger partial charge in [0.2, 0.25) is 0 Å². The molecule has 0 fully saturated rings. The zero-order valence-electron chi connectivity index (χ0n) is 11.5. The van der Waals surface area contributed by atoms with Crippen molar-refractivity contribution in [2.45, 2.75) is 0 Å². The Kier molecular flexibility index (Phi) is 2.69. The number of hydrogen-bond acceptors (Lipinski definition) is 3. The number of hydrogen-bond donors (Lipinski definition) is 1. The molecule has 0 radical (unpaired) electrons. The molecule has 2 aromatic carbocycles. The van der Waals surface area contributed by atoms with Gasteiger partial charge in [0, 0.05) is 10.8 Å². The number of pyridine rings is 1. The van der Waals surface area contributed by atoms with Gasteiger partial charge >= 0.3 is 5.97 Å². The van der Waals surface area contributed by atoms with Crippen molar-refractivity contribution >= 4 is 27.8 Å². The fraction of sp³-hybridized carbons (Fsp3) is 0. The third-order valence-corrected chi connectivity index (χ3v) is 3.61. The van der Waals surface area contributed by atoms with E-state index < -0.39 is 5.97 Å². The molecule has 4 aromatic rings. The minimum absolute atomic E-state index is 0.137. The molecule has 0 saturated heterocycles. The Morgan fingerprint density at radius 2 is 1.68 bits per heavy atom. The maximum Gasteiger partial charge on any atom is 0.338 e. The van der Waals surface area contributed by atoms with Crippen LogP contribution < -0.4 is 0 Å². The molecule has 0 unspecified atom stereocenters. The first kappa shape index (κ1) is 12.6. The number of fused-ring (bicyclic) bond motifs is 2. The van der Waals surface area contributed by atoms with E-state index in [2.05, 4.69) is 4.98 Å². The summed E-state index contributed by atoms with van der Waals surface area (Å²) in [6.07, 6.45) is 0. The van der Waals surface area contributed by atoms with E-state index >= 15 is 0 Å². The Morgan fingerprint density at radius 1 is 0.955 bits per heavy atom. The van der Waals surface area contributed by atoms with E-state index in [1.807, 2.05) is 54.6 Å². The molecule has 2 aromatic heterocycles. The molecule has 4 heteroatoms. The summed E-state index contributed by atoms with van der Waals surface area (Å²) < 4.78 is 5.77. The lowest BCUT2D eigenvalue weighted by molar-refractivity contribution is 0.0697. The predicted molar refractivity (Wildman–Crippen MR) is 83.9 cm³/mol. The standard InChI is InChI=1S/C18H11NO3/c20-18(21)13-9-11-5-1-3-7-14(11)19-17(13)16-10-12-6-2-4-8-15(12)22-16/h1-10H,(H,20,21). The first-order chi connectivity index (χ1) is 10.7. The third kappa shape index (κ3) is 1.93. The first-order valence-corrected chi connectivity index (χ1v) is 6.84. The van der Waals surface area contributed by atoms with Crippen LogP contribution in [0.4, 0.5) is 0 Å². The number of aromatic carboxylic acids is 1. The van der Waals surface area contributed by atoms with Crippen molar-refractivity contribution in [1.82, 2.24) is 4.98 Å². The van der Waals surface area contributed by atoms with Gasteiger partial charge in [-0.3, -0.25) is 0 Å². The van der Waals surface area contributed by atoms with E-state index in [0.29, 0.717) is 17.0 Å². The van der Waals surface area contributed by atoms with E-state index in [-0.39, 0.29) is 5.56 Å². The molecule has 1 N–H and O–H groups in total.